The van der Waals surface area contributed by atoms with Gasteiger partial charge in [0.15, 0.2) is 0 Å². The molecule has 7 heteroatoms. The van der Waals surface area contributed by atoms with E-state index in [1.54, 1.807) is 24.3 Å². The van der Waals surface area contributed by atoms with E-state index in [9.17, 15) is 19.8 Å². The monoisotopic (exact) mass is 606 g/mol. The molecule has 224 valence electrons. The van der Waals surface area contributed by atoms with Crippen molar-refractivity contribution < 1.29 is 34.0 Å². The van der Waals surface area contributed by atoms with E-state index in [-0.39, 0.29) is 11.1 Å². The predicted octanol–water partition coefficient (Wildman–Crippen LogP) is 9.16. The molecule has 0 saturated carbocycles. The first-order valence-electron chi connectivity index (χ1n) is 14.5. The molecule has 0 aromatic heterocycles. The Morgan fingerprint density at radius 1 is 0.457 bits per heavy atom. The van der Waals surface area contributed by atoms with Crippen molar-refractivity contribution in [2.45, 2.75) is 5.41 Å². The second kappa shape index (κ2) is 11.6. The Morgan fingerprint density at radius 2 is 0.783 bits per heavy atom. The first-order chi connectivity index (χ1) is 22.4. The summed E-state index contributed by atoms with van der Waals surface area (Å²) in [6.07, 6.45) is 0. The van der Waals surface area contributed by atoms with E-state index in [1.807, 2.05) is 84.9 Å². The van der Waals surface area contributed by atoms with Crippen molar-refractivity contribution in [2.24, 2.45) is 0 Å². The number of carbonyl (C=O) groups is 2. The normalized spacial score (nSPS) is 12.6. The molecule has 1 heterocycles. The first kappa shape index (κ1) is 28.4. The van der Waals surface area contributed by atoms with Crippen LogP contribution < -0.4 is 14.2 Å². The molecule has 0 amide bonds. The fraction of sp³-hybridized carbons (Fsp3) is 0.0256. The minimum atomic E-state index is -0.993. The van der Waals surface area contributed by atoms with Gasteiger partial charge in [0, 0.05) is 11.1 Å². The molecule has 46 heavy (non-hydrogen) atoms. The average molecular weight is 607 g/mol. The number of carboxylic acid groups (broad SMARTS) is 2. The fourth-order valence-electron chi connectivity index (χ4n) is 5.93. The third-order valence-corrected chi connectivity index (χ3v) is 8.05. The number of fused-ring (bicyclic) bond motifs is 2. The molecule has 0 radical (unpaired) electrons. The minimum Gasteiger partial charge on any atom is -0.478 e. The maximum Gasteiger partial charge on any atom is 0.335 e. The van der Waals surface area contributed by atoms with Crippen LogP contribution in [0.25, 0.3) is 0 Å². The molecule has 0 saturated heterocycles. The summed E-state index contributed by atoms with van der Waals surface area (Å²) in [6, 6.07) is 44.3. The fourth-order valence-corrected chi connectivity index (χ4v) is 5.93. The highest BCUT2D eigenvalue weighted by Crippen LogP contribution is 2.55. The first-order valence-corrected chi connectivity index (χ1v) is 14.5. The number of aromatic carboxylic acids is 2. The maximum atomic E-state index is 11.2. The Balaban J connectivity index is 1.30. The largest absolute Gasteiger partial charge is 0.478 e. The number of hydrogen-bond donors (Lipinski definition) is 2. The van der Waals surface area contributed by atoms with Gasteiger partial charge in [0.25, 0.3) is 0 Å². The number of para-hydroxylation sites is 2. The lowest BCUT2D eigenvalue weighted by molar-refractivity contribution is 0.0686. The maximum absolute atomic E-state index is 11.2. The summed E-state index contributed by atoms with van der Waals surface area (Å²) in [7, 11) is 0. The average Bonchev–Trinajstić information content (AvgIpc) is 3.08. The molecule has 0 atom stereocenters. The Hall–Kier alpha value is -6.34. The summed E-state index contributed by atoms with van der Waals surface area (Å²) in [5.74, 6) is 1.78. The lowest BCUT2D eigenvalue weighted by atomic mass is 9.63. The van der Waals surface area contributed by atoms with Crippen LogP contribution in [0.5, 0.6) is 34.5 Å². The van der Waals surface area contributed by atoms with E-state index in [0.717, 1.165) is 33.8 Å². The summed E-state index contributed by atoms with van der Waals surface area (Å²) < 4.78 is 18.5. The van der Waals surface area contributed by atoms with E-state index in [1.165, 1.54) is 24.3 Å². The van der Waals surface area contributed by atoms with Crippen LogP contribution in [0.2, 0.25) is 0 Å². The van der Waals surface area contributed by atoms with Crippen LogP contribution >= 0.6 is 0 Å². The van der Waals surface area contributed by atoms with Crippen molar-refractivity contribution in [3.8, 4) is 34.5 Å². The molecule has 1 aliphatic rings. The number of rotatable bonds is 8. The molecule has 6 aromatic rings. The third-order valence-electron chi connectivity index (χ3n) is 8.05. The molecule has 1 aliphatic heterocycles. The van der Waals surface area contributed by atoms with Gasteiger partial charge in [0.2, 0.25) is 0 Å². The summed E-state index contributed by atoms with van der Waals surface area (Å²) in [5, 5.41) is 18.4. The summed E-state index contributed by atoms with van der Waals surface area (Å²) in [4.78, 5) is 22.5. The van der Waals surface area contributed by atoms with Gasteiger partial charge in [-0.1, -0.05) is 60.7 Å². The number of ether oxygens (including phenoxy) is 3. The van der Waals surface area contributed by atoms with E-state index in [0.29, 0.717) is 23.0 Å². The van der Waals surface area contributed by atoms with Crippen LogP contribution in [0.3, 0.4) is 0 Å². The standard InChI is InChI=1S/C39H26O7/c40-37(41)25-9-17-29(18-10-25)44-31-21-13-27(14-22-31)39(33-5-1-3-7-35(33)46-36-8-4-2-6-34(36)39)28-15-23-32(24-16-28)45-30-19-11-26(12-20-30)38(42)43/h1-24H,(H,40,41)(H,42,43). The third kappa shape index (κ3) is 5.10. The lowest BCUT2D eigenvalue weighted by Gasteiger charge is -2.41. The summed E-state index contributed by atoms with van der Waals surface area (Å²) in [6.45, 7) is 0. The van der Waals surface area contributed by atoms with Gasteiger partial charge in [0.05, 0.1) is 16.5 Å². The Kier molecular flexibility index (Phi) is 7.19. The lowest BCUT2D eigenvalue weighted by Crippen LogP contribution is -2.34. The van der Waals surface area contributed by atoms with E-state index >= 15 is 0 Å². The van der Waals surface area contributed by atoms with Gasteiger partial charge in [-0.05, 0) is 96.1 Å². The van der Waals surface area contributed by atoms with Gasteiger partial charge in [-0.2, -0.15) is 0 Å². The molecule has 6 aromatic carbocycles. The highest BCUT2D eigenvalue weighted by Gasteiger charge is 2.45. The summed E-state index contributed by atoms with van der Waals surface area (Å²) in [5.41, 5.74) is 3.55. The van der Waals surface area contributed by atoms with Crippen molar-refractivity contribution in [2.75, 3.05) is 0 Å². The van der Waals surface area contributed by atoms with Gasteiger partial charge >= 0.3 is 11.9 Å². The second-order valence-corrected chi connectivity index (χ2v) is 10.8. The van der Waals surface area contributed by atoms with E-state index in [2.05, 4.69) is 12.1 Å². The van der Waals surface area contributed by atoms with Gasteiger partial charge in [0.1, 0.15) is 34.5 Å². The molecule has 0 aliphatic carbocycles. The van der Waals surface area contributed by atoms with Gasteiger partial charge in [-0.15, -0.1) is 0 Å². The Labute approximate surface area is 264 Å². The molecule has 7 rings (SSSR count). The van der Waals surface area contributed by atoms with Crippen molar-refractivity contribution in [3.05, 3.63) is 179 Å². The smallest absolute Gasteiger partial charge is 0.335 e. The van der Waals surface area contributed by atoms with Gasteiger partial charge in [-0.25, -0.2) is 9.59 Å². The molecule has 2 N–H and O–H groups in total. The number of benzene rings is 6. The number of carboxylic acids is 2. The van der Waals surface area contributed by atoms with Crippen LogP contribution in [-0.2, 0) is 5.41 Å². The van der Waals surface area contributed by atoms with Crippen molar-refractivity contribution in [1.82, 2.24) is 0 Å². The van der Waals surface area contributed by atoms with Gasteiger partial charge < -0.3 is 24.4 Å². The Bertz CT molecular complexity index is 1900. The molecule has 0 unspecified atom stereocenters. The van der Waals surface area contributed by atoms with Crippen LogP contribution in [0.1, 0.15) is 43.0 Å². The minimum absolute atomic E-state index is 0.189. The van der Waals surface area contributed by atoms with Crippen LogP contribution in [-0.4, -0.2) is 22.2 Å². The number of hydrogen-bond acceptors (Lipinski definition) is 5. The highest BCUT2D eigenvalue weighted by atomic mass is 16.5. The highest BCUT2D eigenvalue weighted by molar-refractivity contribution is 5.88. The SMILES string of the molecule is O=C(O)c1ccc(Oc2ccc(C3(c4ccc(Oc5ccc(C(=O)O)cc5)cc4)c4ccccc4Oc4ccccc43)cc2)cc1. The van der Waals surface area contributed by atoms with Crippen LogP contribution in [0, 0.1) is 0 Å². The molecule has 0 spiro atoms. The zero-order valence-electron chi connectivity index (χ0n) is 24.3. The zero-order chi connectivity index (χ0) is 31.7. The quantitative estimate of drug-likeness (QED) is 0.178. The molecule has 7 nitrogen and oxygen atoms in total. The topological polar surface area (TPSA) is 102 Å². The van der Waals surface area contributed by atoms with Crippen molar-refractivity contribution >= 4 is 11.9 Å². The molecular weight excluding hydrogens is 580 g/mol. The van der Waals surface area contributed by atoms with Crippen LogP contribution in [0.15, 0.2) is 146 Å². The van der Waals surface area contributed by atoms with Crippen LogP contribution in [0.4, 0.5) is 0 Å². The predicted molar refractivity (Wildman–Crippen MR) is 172 cm³/mol. The molecular formula is C39H26O7. The zero-order valence-corrected chi connectivity index (χ0v) is 24.3. The van der Waals surface area contributed by atoms with Gasteiger partial charge in [-0.3, -0.25) is 0 Å². The van der Waals surface area contributed by atoms with E-state index in [4.69, 9.17) is 14.2 Å². The molecule has 0 bridgehead atoms. The molecule has 0 fully saturated rings. The van der Waals surface area contributed by atoms with Crippen molar-refractivity contribution in [1.29, 1.82) is 0 Å². The second-order valence-electron chi connectivity index (χ2n) is 10.8. The summed E-state index contributed by atoms with van der Waals surface area (Å²) >= 11 is 0. The van der Waals surface area contributed by atoms with E-state index < -0.39 is 17.4 Å². The van der Waals surface area contributed by atoms with Crippen molar-refractivity contribution in [3.63, 3.8) is 0 Å². The Morgan fingerprint density at radius 3 is 1.13 bits per heavy atom.